The van der Waals surface area contributed by atoms with Crippen LogP contribution in [0.2, 0.25) is 0 Å². The monoisotopic (exact) mass is 275 g/mol. The minimum atomic E-state index is -0.623. The summed E-state index contributed by atoms with van der Waals surface area (Å²) in [7, 11) is 0. The average molecular weight is 276 g/mol. The largest absolute Gasteiger partial charge is 0.387 e. The molecule has 0 aliphatic heterocycles. The second-order valence-corrected chi connectivity index (χ2v) is 4.60. The second-order valence-electron chi connectivity index (χ2n) is 3.74. The Bertz CT molecular complexity index is 330. The van der Waals surface area contributed by atoms with E-state index in [1.165, 1.54) is 12.1 Å². The van der Waals surface area contributed by atoms with E-state index in [-0.39, 0.29) is 5.82 Å². The van der Waals surface area contributed by atoms with Gasteiger partial charge in [-0.2, -0.15) is 0 Å². The Balaban J connectivity index is 2.69. The lowest BCUT2D eigenvalue weighted by Gasteiger charge is -2.15. The molecular weight excluding hydrogens is 261 g/mol. The van der Waals surface area contributed by atoms with Crippen molar-refractivity contribution in [3.8, 4) is 0 Å². The van der Waals surface area contributed by atoms with Crippen LogP contribution in [0, 0.1) is 5.82 Å². The van der Waals surface area contributed by atoms with Crippen LogP contribution in [-0.2, 0) is 0 Å². The fourth-order valence-corrected chi connectivity index (χ4v) is 1.84. The number of hydrogen-bond acceptors (Lipinski definition) is 2. The van der Waals surface area contributed by atoms with Gasteiger partial charge in [0.2, 0.25) is 0 Å². The van der Waals surface area contributed by atoms with Crippen LogP contribution in [-0.4, -0.2) is 17.7 Å². The van der Waals surface area contributed by atoms with E-state index in [0.717, 1.165) is 0 Å². The summed E-state index contributed by atoms with van der Waals surface area (Å²) in [5.74, 6) is -0.311. The Hall–Kier alpha value is -0.450. The van der Waals surface area contributed by atoms with Gasteiger partial charge in [0.05, 0.1) is 6.10 Å². The van der Waals surface area contributed by atoms with Crippen molar-refractivity contribution in [1.82, 2.24) is 5.32 Å². The highest BCUT2D eigenvalue weighted by Crippen LogP contribution is 2.23. The van der Waals surface area contributed by atoms with Crippen LogP contribution >= 0.6 is 15.9 Å². The summed E-state index contributed by atoms with van der Waals surface area (Å²) in [6, 6.07) is 4.61. The summed E-state index contributed by atoms with van der Waals surface area (Å²) in [5, 5.41) is 12.9. The van der Waals surface area contributed by atoms with E-state index in [1.54, 1.807) is 6.07 Å². The van der Waals surface area contributed by atoms with Crippen molar-refractivity contribution >= 4 is 15.9 Å². The molecule has 0 aliphatic rings. The Morgan fingerprint density at radius 1 is 1.47 bits per heavy atom. The summed E-state index contributed by atoms with van der Waals surface area (Å²) < 4.78 is 13.4. The molecule has 1 atom stereocenters. The number of nitrogens with one attached hydrogen (secondary N) is 1. The van der Waals surface area contributed by atoms with Gasteiger partial charge in [-0.3, -0.25) is 0 Å². The first-order valence-corrected chi connectivity index (χ1v) is 5.66. The summed E-state index contributed by atoms with van der Waals surface area (Å²) in [5.41, 5.74) is 0.699. The number of halogens is 2. The number of benzene rings is 1. The standard InChI is InChI=1S/C11H15BrFNO/c1-7(2)14-6-11(15)9-4-3-8(13)5-10(9)12/h3-5,7,11,14-15H,6H2,1-2H3. The third-order valence-electron chi connectivity index (χ3n) is 2.04. The highest BCUT2D eigenvalue weighted by Gasteiger charge is 2.11. The van der Waals surface area contributed by atoms with Gasteiger partial charge in [-0.25, -0.2) is 4.39 Å². The van der Waals surface area contributed by atoms with Crippen LogP contribution in [0.4, 0.5) is 4.39 Å². The van der Waals surface area contributed by atoms with Crippen molar-refractivity contribution < 1.29 is 9.50 Å². The first-order valence-electron chi connectivity index (χ1n) is 4.87. The zero-order chi connectivity index (χ0) is 11.4. The van der Waals surface area contributed by atoms with Crippen LogP contribution in [0.25, 0.3) is 0 Å². The van der Waals surface area contributed by atoms with Gasteiger partial charge in [-0.1, -0.05) is 35.8 Å². The molecule has 84 valence electrons. The molecular formula is C11H15BrFNO. The van der Waals surface area contributed by atoms with Crippen molar-refractivity contribution in [3.05, 3.63) is 34.1 Å². The van der Waals surface area contributed by atoms with Crippen LogP contribution in [0.15, 0.2) is 22.7 Å². The normalized spacial score (nSPS) is 13.2. The second kappa shape index (κ2) is 5.58. The minimum Gasteiger partial charge on any atom is -0.387 e. The molecule has 0 fully saturated rings. The molecule has 0 amide bonds. The van der Waals surface area contributed by atoms with Crippen molar-refractivity contribution in [1.29, 1.82) is 0 Å². The van der Waals surface area contributed by atoms with Gasteiger partial charge in [0.1, 0.15) is 5.82 Å². The first kappa shape index (κ1) is 12.6. The third kappa shape index (κ3) is 3.89. The lowest BCUT2D eigenvalue weighted by molar-refractivity contribution is 0.171. The molecule has 2 N–H and O–H groups in total. The summed E-state index contributed by atoms with van der Waals surface area (Å²) in [6.45, 7) is 4.47. The molecule has 1 unspecified atom stereocenters. The molecule has 0 heterocycles. The topological polar surface area (TPSA) is 32.3 Å². The lowest BCUT2D eigenvalue weighted by Crippen LogP contribution is -2.28. The van der Waals surface area contributed by atoms with E-state index in [9.17, 15) is 9.50 Å². The Morgan fingerprint density at radius 3 is 2.67 bits per heavy atom. The zero-order valence-corrected chi connectivity index (χ0v) is 10.4. The molecule has 0 radical (unpaired) electrons. The van der Waals surface area contributed by atoms with E-state index < -0.39 is 6.10 Å². The van der Waals surface area contributed by atoms with Crippen LogP contribution in [0.3, 0.4) is 0 Å². The van der Waals surface area contributed by atoms with Crippen molar-refractivity contribution in [2.75, 3.05) is 6.54 Å². The molecule has 0 saturated carbocycles. The number of aliphatic hydroxyl groups is 1. The molecule has 4 heteroatoms. The van der Waals surface area contributed by atoms with Gasteiger partial charge in [0.15, 0.2) is 0 Å². The van der Waals surface area contributed by atoms with Gasteiger partial charge in [0.25, 0.3) is 0 Å². The Labute approximate surface area is 97.6 Å². The average Bonchev–Trinajstić information content (AvgIpc) is 2.14. The maximum Gasteiger partial charge on any atom is 0.124 e. The fraction of sp³-hybridized carbons (Fsp3) is 0.455. The molecule has 0 bridgehead atoms. The van der Waals surface area contributed by atoms with E-state index in [4.69, 9.17) is 0 Å². The predicted octanol–water partition coefficient (Wildman–Crippen LogP) is 2.62. The molecule has 0 spiro atoms. The van der Waals surface area contributed by atoms with E-state index in [0.29, 0.717) is 22.6 Å². The summed E-state index contributed by atoms with van der Waals surface area (Å²) in [4.78, 5) is 0. The lowest BCUT2D eigenvalue weighted by atomic mass is 10.1. The zero-order valence-electron chi connectivity index (χ0n) is 8.80. The maximum absolute atomic E-state index is 12.8. The molecule has 0 aromatic heterocycles. The van der Waals surface area contributed by atoms with Crippen LogP contribution < -0.4 is 5.32 Å². The quantitative estimate of drug-likeness (QED) is 0.886. The van der Waals surface area contributed by atoms with Gasteiger partial charge in [-0.05, 0) is 17.7 Å². The van der Waals surface area contributed by atoms with Crippen LogP contribution in [0.5, 0.6) is 0 Å². The molecule has 1 aromatic carbocycles. The van der Waals surface area contributed by atoms with Gasteiger partial charge in [0, 0.05) is 17.1 Å². The summed E-state index contributed by atoms with van der Waals surface area (Å²) in [6.07, 6.45) is -0.623. The highest BCUT2D eigenvalue weighted by molar-refractivity contribution is 9.10. The molecule has 0 saturated heterocycles. The van der Waals surface area contributed by atoms with Crippen molar-refractivity contribution in [2.24, 2.45) is 0 Å². The van der Waals surface area contributed by atoms with Gasteiger partial charge < -0.3 is 10.4 Å². The maximum atomic E-state index is 12.8. The molecule has 15 heavy (non-hydrogen) atoms. The number of hydrogen-bond donors (Lipinski definition) is 2. The van der Waals surface area contributed by atoms with Gasteiger partial charge in [-0.15, -0.1) is 0 Å². The fourth-order valence-electron chi connectivity index (χ4n) is 1.23. The number of rotatable bonds is 4. The SMILES string of the molecule is CC(C)NCC(O)c1ccc(F)cc1Br. The summed E-state index contributed by atoms with van der Waals surface area (Å²) >= 11 is 3.23. The van der Waals surface area contributed by atoms with E-state index >= 15 is 0 Å². The Kier molecular flexibility index (Phi) is 4.70. The smallest absolute Gasteiger partial charge is 0.124 e. The molecule has 1 aromatic rings. The molecule has 2 nitrogen and oxygen atoms in total. The minimum absolute atomic E-state index is 0.311. The number of aliphatic hydroxyl groups excluding tert-OH is 1. The molecule has 0 aliphatic carbocycles. The highest BCUT2D eigenvalue weighted by atomic mass is 79.9. The first-order chi connectivity index (χ1) is 7.00. The Morgan fingerprint density at radius 2 is 2.13 bits per heavy atom. The third-order valence-corrected chi connectivity index (χ3v) is 2.73. The van der Waals surface area contributed by atoms with E-state index in [1.807, 2.05) is 13.8 Å². The predicted molar refractivity (Wildman–Crippen MR) is 62.2 cm³/mol. The van der Waals surface area contributed by atoms with E-state index in [2.05, 4.69) is 21.2 Å². The molecule has 1 rings (SSSR count). The van der Waals surface area contributed by atoms with Crippen LogP contribution in [0.1, 0.15) is 25.5 Å². The van der Waals surface area contributed by atoms with Crippen molar-refractivity contribution in [2.45, 2.75) is 26.0 Å². The van der Waals surface area contributed by atoms with Crippen molar-refractivity contribution in [3.63, 3.8) is 0 Å². The van der Waals surface area contributed by atoms with Gasteiger partial charge >= 0.3 is 0 Å².